The largest absolute Gasteiger partial charge is 0.310 e. The molecule has 13 aromatic rings. The predicted molar refractivity (Wildman–Crippen MR) is 298 cm³/mol. The Labute approximate surface area is 408 Å². The molecule has 0 aliphatic heterocycles. The Kier molecular flexibility index (Phi) is 10.2. The third kappa shape index (κ3) is 7.22. The zero-order valence-corrected chi connectivity index (χ0v) is 38.5. The van der Waals surface area contributed by atoms with Crippen LogP contribution in [0, 0.1) is 0 Å². The van der Waals surface area contributed by atoms with Gasteiger partial charge in [0.15, 0.2) is 0 Å². The molecule has 0 amide bonds. The number of hydrogen-bond donors (Lipinski definition) is 0. The first-order valence-corrected chi connectivity index (χ1v) is 24.1. The Morgan fingerprint density at radius 1 is 0.243 bits per heavy atom. The molecule has 0 radical (unpaired) electrons. The van der Waals surface area contributed by atoms with Crippen LogP contribution >= 0.6 is 0 Å². The molecule has 0 aliphatic carbocycles. The van der Waals surface area contributed by atoms with E-state index < -0.39 is 0 Å². The van der Waals surface area contributed by atoms with Crippen molar-refractivity contribution in [2.45, 2.75) is 0 Å². The summed E-state index contributed by atoms with van der Waals surface area (Å²) < 4.78 is 2.42. The topological polar surface area (TPSA) is 8.17 Å². The number of aromatic nitrogens is 1. The Balaban J connectivity index is 0.992. The van der Waals surface area contributed by atoms with Gasteiger partial charge in [0.2, 0.25) is 0 Å². The summed E-state index contributed by atoms with van der Waals surface area (Å²) in [4.78, 5) is 2.45. The summed E-state index contributed by atoms with van der Waals surface area (Å²) in [5.74, 6) is 0. The molecule has 70 heavy (non-hydrogen) atoms. The van der Waals surface area contributed by atoms with Gasteiger partial charge in [0, 0.05) is 33.3 Å². The molecule has 0 aliphatic rings. The predicted octanol–water partition coefficient (Wildman–Crippen LogP) is 18.9. The molecule has 328 valence electrons. The Bertz CT molecular complexity index is 3980. The summed E-state index contributed by atoms with van der Waals surface area (Å²) in [5.41, 5.74) is 18.5. The van der Waals surface area contributed by atoms with Gasteiger partial charge in [0.1, 0.15) is 0 Å². The van der Waals surface area contributed by atoms with Gasteiger partial charge in [-0.15, -0.1) is 0 Å². The minimum atomic E-state index is 1.06. The first kappa shape index (κ1) is 41.0. The summed E-state index contributed by atoms with van der Waals surface area (Å²) in [7, 11) is 0. The molecule has 1 heterocycles. The first-order valence-electron chi connectivity index (χ1n) is 24.1. The lowest BCUT2D eigenvalue weighted by Gasteiger charge is -2.29. The van der Waals surface area contributed by atoms with Gasteiger partial charge in [0.05, 0.1) is 22.4 Å². The van der Waals surface area contributed by atoms with E-state index >= 15 is 0 Å². The highest BCUT2D eigenvalue weighted by molar-refractivity contribution is 6.14. The van der Waals surface area contributed by atoms with Crippen LogP contribution in [0.5, 0.6) is 0 Å². The standard InChI is InChI=1S/C68H46N2/c1-3-18-47(19-4-1)51-23-17-24-52(44-51)48-34-39-55(40-35-48)69(56-41-36-50(37-42-56)58-26-11-14-31-65(58)70-66-32-15-12-29-62(66)63-30-13-16-33-67(63)70)68-46-54(38-43-59(68)49-20-5-2-6-21-49)64-45-53-22-7-8-25-57(53)60-27-9-10-28-61(60)64/h1-46H. The molecule has 0 saturated carbocycles. The van der Waals surface area contributed by atoms with Gasteiger partial charge < -0.3 is 9.47 Å². The molecule has 0 bridgehead atoms. The van der Waals surface area contributed by atoms with Crippen LogP contribution in [0.15, 0.2) is 279 Å². The van der Waals surface area contributed by atoms with E-state index in [0.29, 0.717) is 0 Å². The molecule has 12 aromatic carbocycles. The number of fused-ring (bicyclic) bond motifs is 6. The normalized spacial score (nSPS) is 11.4. The summed E-state index contributed by atoms with van der Waals surface area (Å²) in [5, 5.41) is 7.48. The highest BCUT2D eigenvalue weighted by atomic mass is 15.1. The van der Waals surface area contributed by atoms with Crippen LogP contribution in [-0.4, -0.2) is 4.57 Å². The van der Waals surface area contributed by atoms with Crippen LogP contribution in [0.25, 0.3) is 105 Å². The summed E-state index contributed by atoms with van der Waals surface area (Å²) in [6.45, 7) is 0. The van der Waals surface area contributed by atoms with E-state index in [1.54, 1.807) is 0 Å². The zero-order valence-electron chi connectivity index (χ0n) is 38.5. The molecule has 1 aromatic heterocycles. The number of benzene rings is 12. The van der Waals surface area contributed by atoms with Gasteiger partial charge in [-0.1, -0.05) is 218 Å². The lowest BCUT2D eigenvalue weighted by molar-refractivity contribution is 1.18. The third-order valence-electron chi connectivity index (χ3n) is 14.0. The maximum absolute atomic E-state index is 2.45. The minimum absolute atomic E-state index is 1.06. The molecule has 0 N–H and O–H groups in total. The van der Waals surface area contributed by atoms with Crippen molar-refractivity contribution < 1.29 is 0 Å². The maximum atomic E-state index is 2.45. The zero-order chi connectivity index (χ0) is 46.4. The second kappa shape index (κ2) is 17.4. The number of para-hydroxylation sites is 3. The Hall–Kier alpha value is -9.24. The molecule has 2 heteroatoms. The smallest absolute Gasteiger partial charge is 0.0546 e. The van der Waals surface area contributed by atoms with Gasteiger partial charge in [-0.05, 0) is 127 Å². The quantitative estimate of drug-likeness (QED) is 0.131. The van der Waals surface area contributed by atoms with Crippen molar-refractivity contribution in [1.29, 1.82) is 0 Å². The van der Waals surface area contributed by atoms with E-state index in [0.717, 1.165) is 50.6 Å². The second-order valence-corrected chi connectivity index (χ2v) is 18.1. The number of rotatable bonds is 9. The summed E-state index contributed by atoms with van der Waals surface area (Å²) in [6.07, 6.45) is 0. The van der Waals surface area contributed by atoms with Crippen molar-refractivity contribution in [1.82, 2.24) is 4.57 Å². The number of anilines is 3. The van der Waals surface area contributed by atoms with E-state index in [9.17, 15) is 0 Å². The molecular weight excluding hydrogens is 845 g/mol. The second-order valence-electron chi connectivity index (χ2n) is 18.1. The molecule has 0 fully saturated rings. The van der Waals surface area contributed by atoms with Crippen molar-refractivity contribution in [2.75, 3.05) is 4.90 Å². The SMILES string of the molecule is c1ccc(-c2cccc(-c3ccc(N(c4ccc(-c5ccccc5-n5c6ccccc6c6ccccc65)cc4)c4cc(-c5cc6ccccc6c6ccccc56)ccc4-c4ccccc4)cc3)c2)cc1. The van der Waals surface area contributed by atoms with Crippen molar-refractivity contribution in [3.05, 3.63) is 279 Å². The minimum Gasteiger partial charge on any atom is -0.310 e. The van der Waals surface area contributed by atoms with Crippen molar-refractivity contribution in [2.24, 2.45) is 0 Å². The lowest BCUT2D eigenvalue weighted by atomic mass is 9.91. The first-order chi connectivity index (χ1) is 34.7. The average Bonchev–Trinajstić information content (AvgIpc) is 3.78. The number of nitrogens with zero attached hydrogens (tertiary/aromatic N) is 2. The Morgan fingerprint density at radius 3 is 1.39 bits per heavy atom. The van der Waals surface area contributed by atoms with Crippen molar-refractivity contribution in [3.63, 3.8) is 0 Å². The highest BCUT2D eigenvalue weighted by Gasteiger charge is 2.21. The van der Waals surface area contributed by atoms with Crippen molar-refractivity contribution in [3.8, 4) is 61.3 Å². The molecule has 2 nitrogen and oxygen atoms in total. The summed E-state index contributed by atoms with van der Waals surface area (Å²) in [6, 6.07) is 102. The number of hydrogen-bond acceptors (Lipinski definition) is 1. The fraction of sp³-hybridized carbons (Fsp3) is 0. The van der Waals surface area contributed by atoms with Gasteiger partial charge >= 0.3 is 0 Å². The molecule has 0 atom stereocenters. The third-order valence-corrected chi connectivity index (χ3v) is 14.0. The summed E-state index contributed by atoms with van der Waals surface area (Å²) >= 11 is 0. The molecule has 0 spiro atoms. The molecule has 13 rings (SSSR count). The average molecular weight is 891 g/mol. The van der Waals surface area contributed by atoms with E-state index in [1.807, 2.05) is 0 Å². The van der Waals surface area contributed by atoms with Crippen LogP contribution in [-0.2, 0) is 0 Å². The van der Waals surface area contributed by atoms with Gasteiger partial charge in [-0.3, -0.25) is 0 Å². The van der Waals surface area contributed by atoms with Crippen LogP contribution in [0.4, 0.5) is 17.1 Å². The van der Waals surface area contributed by atoms with Crippen molar-refractivity contribution >= 4 is 60.4 Å². The van der Waals surface area contributed by atoms with Crippen LogP contribution in [0.3, 0.4) is 0 Å². The highest BCUT2D eigenvalue weighted by Crippen LogP contribution is 2.46. The molecular formula is C68H46N2. The van der Waals surface area contributed by atoms with E-state index in [2.05, 4.69) is 289 Å². The molecule has 0 unspecified atom stereocenters. The fourth-order valence-electron chi connectivity index (χ4n) is 10.7. The maximum Gasteiger partial charge on any atom is 0.0546 e. The van der Waals surface area contributed by atoms with E-state index in [4.69, 9.17) is 0 Å². The monoisotopic (exact) mass is 890 g/mol. The van der Waals surface area contributed by atoms with Gasteiger partial charge in [0.25, 0.3) is 0 Å². The van der Waals surface area contributed by atoms with Crippen LogP contribution < -0.4 is 4.90 Å². The lowest BCUT2D eigenvalue weighted by Crippen LogP contribution is -2.11. The van der Waals surface area contributed by atoms with E-state index in [-0.39, 0.29) is 0 Å². The molecule has 0 saturated heterocycles. The van der Waals surface area contributed by atoms with Crippen LogP contribution in [0.2, 0.25) is 0 Å². The van der Waals surface area contributed by atoms with Gasteiger partial charge in [-0.25, -0.2) is 0 Å². The van der Waals surface area contributed by atoms with Gasteiger partial charge in [-0.2, -0.15) is 0 Å². The fourth-order valence-corrected chi connectivity index (χ4v) is 10.7. The Morgan fingerprint density at radius 2 is 0.714 bits per heavy atom. The van der Waals surface area contributed by atoms with Crippen LogP contribution in [0.1, 0.15) is 0 Å². The van der Waals surface area contributed by atoms with E-state index in [1.165, 1.54) is 71.2 Å².